The molecule has 0 saturated heterocycles. The fourth-order valence-electron chi connectivity index (χ4n) is 2.05. The van der Waals surface area contributed by atoms with Gasteiger partial charge in [-0.15, -0.1) is 0 Å². The van der Waals surface area contributed by atoms with Crippen LogP contribution < -0.4 is 10.6 Å². The van der Waals surface area contributed by atoms with Crippen molar-refractivity contribution in [2.75, 3.05) is 12.4 Å². The smallest absolute Gasteiger partial charge is 0.224 e. The van der Waals surface area contributed by atoms with Crippen molar-refractivity contribution in [2.45, 2.75) is 26.8 Å². The van der Waals surface area contributed by atoms with Gasteiger partial charge in [-0.25, -0.2) is 0 Å². The predicted molar refractivity (Wildman–Crippen MR) is 77.5 cm³/mol. The Labute approximate surface area is 118 Å². The van der Waals surface area contributed by atoms with Gasteiger partial charge in [0.1, 0.15) is 5.76 Å². The van der Waals surface area contributed by atoms with Gasteiger partial charge >= 0.3 is 0 Å². The van der Waals surface area contributed by atoms with Crippen LogP contribution in [0.15, 0.2) is 28.8 Å². The lowest BCUT2D eigenvalue weighted by Gasteiger charge is -2.11. The summed E-state index contributed by atoms with van der Waals surface area (Å²) < 4.78 is 5.14. The van der Waals surface area contributed by atoms with E-state index in [-0.39, 0.29) is 5.91 Å². The van der Waals surface area contributed by atoms with Crippen LogP contribution in [0.1, 0.15) is 22.6 Å². The lowest BCUT2D eigenvalue weighted by atomic mass is 10.1. The number of nitrogens with zero attached hydrogens (tertiary/aromatic N) is 1. The predicted octanol–water partition coefficient (Wildman–Crippen LogP) is 2.19. The molecule has 1 aromatic heterocycles. The van der Waals surface area contributed by atoms with Gasteiger partial charge in [0.05, 0.1) is 12.1 Å². The maximum Gasteiger partial charge on any atom is 0.224 e. The van der Waals surface area contributed by atoms with E-state index >= 15 is 0 Å². The third-order valence-corrected chi connectivity index (χ3v) is 3.28. The summed E-state index contributed by atoms with van der Waals surface area (Å²) in [6.07, 6.45) is 0.362. The number of likely N-dealkylation sites (N-methyl/N-ethyl adjacent to an activating group) is 1. The lowest BCUT2D eigenvalue weighted by molar-refractivity contribution is -0.119. The first-order chi connectivity index (χ1) is 9.61. The average molecular weight is 273 g/mol. The van der Waals surface area contributed by atoms with Gasteiger partial charge in [0.25, 0.3) is 0 Å². The summed E-state index contributed by atoms with van der Waals surface area (Å²) >= 11 is 0. The van der Waals surface area contributed by atoms with Crippen LogP contribution in [0.4, 0.5) is 5.69 Å². The van der Waals surface area contributed by atoms with Gasteiger partial charge in [0.15, 0.2) is 0 Å². The summed E-state index contributed by atoms with van der Waals surface area (Å²) in [5.41, 5.74) is 3.87. The van der Waals surface area contributed by atoms with Crippen molar-refractivity contribution in [3.05, 3.63) is 46.8 Å². The molecule has 0 aliphatic rings. The second-order valence-corrected chi connectivity index (χ2v) is 4.66. The Kier molecular flexibility index (Phi) is 4.40. The number of para-hydroxylation sites is 1. The molecule has 0 atom stereocenters. The van der Waals surface area contributed by atoms with E-state index in [1.54, 1.807) is 7.05 Å². The Hall–Kier alpha value is -2.30. The molecular formula is C15H19N3O2. The van der Waals surface area contributed by atoms with E-state index in [9.17, 15) is 4.79 Å². The number of aromatic nitrogens is 1. The topological polar surface area (TPSA) is 67.2 Å². The summed E-state index contributed by atoms with van der Waals surface area (Å²) in [5.74, 6) is 0.815. The zero-order valence-electron chi connectivity index (χ0n) is 12.0. The molecule has 5 nitrogen and oxygen atoms in total. The molecule has 20 heavy (non-hydrogen) atoms. The highest BCUT2D eigenvalue weighted by atomic mass is 16.5. The first-order valence-electron chi connectivity index (χ1n) is 6.56. The van der Waals surface area contributed by atoms with E-state index in [0.717, 1.165) is 28.3 Å². The number of rotatable bonds is 5. The molecule has 0 saturated carbocycles. The number of aryl methyl sites for hydroxylation is 2. The van der Waals surface area contributed by atoms with Crippen LogP contribution in [0.3, 0.4) is 0 Å². The molecule has 2 rings (SSSR count). The van der Waals surface area contributed by atoms with Gasteiger partial charge < -0.3 is 15.2 Å². The standard InChI is InChI=1S/C15H19N3O2/c1-10-13(11(2)20-18-10)9-17-14-7-5-4-6-12(14)8-15(19)16-3/h4-7,17H,8-9H2,1-3H3,(H,16,19). The Bertz CT molecular complexity index is 585. The zero-order chi connectivity index (χ0) is 14.5. The van der Waals surface area contributed by atoms with E-state index in [0.29, 0.717) is 13.0 Å². The molecule has 0 unspecified atom stereocenters. The van der Waals surface area contributed by atoms with Crippen LogP contribution in [0.25, 0.3) is 0 Å². The highest BCUT2D eigenvalue weighted by Crippen LogP contribution is 2.19. The molecule has 0 aliphatic heterocycles. The quantitative estimate of drug-likeness (QED) is 0.876. The van der Waals surface area contributed by atoms with Gasteiger partial charge in [-0.3, -0.25) is 4.79 Å². The highest BCUT2D eigenvalue weighted by Gasteiger charge is 2.10. The van der Waals surface area contributed by atoms with Gasteiger partial charge in [0, 0.05) is 24.8 Å². The van der Waals surface area contributed by atoms with Crippen LogP contribution in [-0.4, -0.2) is 18.1 Å². The maximum atomic E-state index is 11.5. The Morgan fingerprint density at radius 1 is 1.30 bits per heavy atom. The lowest BCUT2D eigenvalue weighted by Crippen LogP contribution is -2.20. The molecule has 1 aromatic carbocycles. The van der Waals surface area contributed by atoms with Crippen LogP contribution in [0.2, 0.25) is 0 Å². The maximum absolute atomic E-state index is 11.5. The summed E-state index contributed by atoms with van der Waals surface area (Å²) in [7, 11) is 1.64. The van der Waals surface area contributed by atoms with Crippen LogP contribution in [0.5, 0.6) is 0 Å². The van der Waals surface area contributed by atoms with Gasteiger partial charge in [-0.05, 0) is 25.5 Å². The molecule has 2 aromatic rings. The van der Waals surface area contributed by atoms with Gasteiger partial charge in [-0.2, -0.15) is 0 Å². The number of benzene rings is 1. The summed E-state index contributed by atoms with van der Waals surface area (Å²) in [5, 5.41) is 9.92. The van der Waals surface area contributed by atoms with Crippen molar-refractivity contribution in [1.29, 1.82) is 0 Å². The first kappa shape index (κ1) is 14.1. The minimum absolute atomic E-state index is 0.00316. The van der Waals surface area contributed by atoms with Gasteiger partial charge in [0.2, 0.25) is 5.91 Å². The van der Waals surface area contributed by atoms with Crippen LogP contribution in [-0.2, 0) is 17.8 Å². The molecule has 1 heterocycles. The largest absolute Gasteiger partial charge is 0.381 e. The van der Waals surface area contributed by atoms with Crippen molar-refractivity contribution in [2.24, 2.45) is 0 Å². The Morgan fingerprint density at radius 2 is 2.05 bits per heavy atom. The molecule has 0 aliphatic carbocycles. The molecule has 0 radical (unpaired) electrons. The number of carbonyl (C=O) groups excluding carboxylic acids is 1. The van der Waals surface area contributed by atoms with E-state index in [4.69, 9.17) is 4.52 Å². The second-order valence-electron chi connectivity index (χ2n) is 4.66. The molecule has 5 heteroatoms. The number of nitrogens with one attached hydrogen (secondary N) is 2. The summed E-state index contributed by atoms with van der Waals surface area (Å²) in [6.45, 7) is 4.45. The van der Waals surface area contributed by atoms with Gasteiger partial charge in [-0.1, -0.05) is 23.4 Å². The fourth-order valence-corrected chi connectivity index (χ4v) is 2.05. The van der Waals surface area contributed by atoms with Crippen molar-refractivity contribution >= 4 is 11.6 Å². The molecule has 106 valence electrons. The Balaban J connectivity index is 2.11. The first-order valence-corrected chi connectivity index (χ1v) is 6.56. The number of hydrogen-bond acceptors (Lipinski definition) is 4. The minimum Gasteiger partial charge on any atom is -0.381 e. The van der Waals surface area contributed by atoms with E-state index in [2.05, 4.69) is 15.8 Å². The summed E-state index contributed by atoms with van der Waals surface area (Å²) in [6, 6.07) is 7.80. The SMILES string of the molecule is CNC(=O)Cc1ccccc1NCc1c(C)noc1C. The molecule has 0 spiro atoms. The number of amides is 1. The molecule has 2 N–H and O–H groups in total. The van der Waals surface area contributed by atoms with E-state index in [1.807, 2.05) is 38.1 Å². The van der Waals surface area contributed by atoms with Crippen molar-refractivity contribution < 1.29 is 9.32 Å². The monoisotopic (exact) mass is 273 g/mol. The van der Waals surface area contributed by atoms with Crippen LogP contribution in [0, 0.1) is 13.8 Å². The third-order valence-electron chi connectivity index (χ3n) is 3.28. The number of carbonyl (C=O) groups is 1. The fraction of sp³-hybridized carbons (Fsp3) is 0.333. The molecule has 0 bridgehead atoms. The van der Waals surface area contributed by atoms with Crippen molar-refractivity contribution in [1.82, 2.24) is 10.5 Å². The molecule has 1 amide bonds. The van der Waals surface area contributed by atoms with E-state index in [1.165, 1.54) is 0 Å². The summed E-state index contributed by atoms with van der Waals surface area (Å²) in [4.78, 5) is 11.5. The van der Waals surface area contributed by atoms with Crippen molar-refractivity contribution in [3.8, 4) is 0 Å². The van der Waals surface area contributed by atoms with Crippen molar-refractivity contribution in [3.63, 3.8) is 0 Å². The highest BCUT2D eigenvalue weighted by molar-refractivity contribution is 5.80. The van der Waals surface area contributed by atoms with E-state index < -0.39 is 0 Å². The number of anilines is 1. The average Bonchev–Trinajstić information content (AvgIpc) is 2.77. The minimum atomic E-state index is -0.00316. The number of hydrogen-bond donors (Lipinski definition) is 2. The zero-order valence-corrected chi connectivity index (χ0v) is 12.0. The van der Waals surface area contributed by atoms with Crippen LogP contribution >= 0.6 is 0 Å². The normalized spacial score (nSPS) is 10.3. The Morgan fingerprint density at radius 3 is 2.70 bits per heavy atom. The molecule has 0 fully saturated rings. The third kappa shape index (κ3) is 3.17. The second kappa shape index (κ2) is 6.23. The molecular weight excluding hydrogens is 254 g/mol.